The van der Waals surface area contributed by atoms with Crippen LogP contribution >= 0.6 is 23.2 Å². The minimum atomic E-state index is -0.157. The van der Waals surface area contributed by atoms with Gasteiger partial charge in [0, 0.05) is 15.6 Å². The molecule has 2 aromatic carbocycles. The van der Waals surface area contributed by atoms with E-state index in [1.165, 1.54) is 0 Å². The van der Waals surface area contributed by atoms with Gasteiger partial charge < -0.3 is 5.32 Å². The maximum atomic E-state index is 12.1. The molecule has 4 heteroatoms. The Labute approximate surface area is 122 Å². The van der Waals surface area contributed by atoms with Crippen LogP contribution < -0.4 is 5.32 Å². The molecule has 0 bridgehead atoms. The molecule has 0 saturated heterocycles. The molecule has 2 aromatic rings. The number of nitrogens with one attached hydrogen (secondary N) is 1. The van der Waals surface area contributed by atoms with Gasteiger partial charge in [-0.3, -0.25) is 4.79 Å². The Kier molecular flexibility index (Phi) is 4.46. The van der Waals surface area contributed by atoms with Crippen molar-refractivity contribution in [1.29, 1.82) is 0 Å². The number of halogens is 2. The maximum Gasteiger partial charge on any atom is 0.251 e. The van der Waals surface area contributed by atoms with Gasteiger partial charge in [0.1, 0.15) is 0 Å². The molecule has 0 aromatic heterocycles. The lowest BCUT2D eigenvalue weighted by Crippen LogP contribution is -2.26. The van der Waals surface area contributed by atoms with E-state index in [2.05, 4.69) is 5.32 Å². The molecule has 0 heterocycles. The third-order valence-electron chi connectivity index (χ3n) is 2.78. The molecule has 0 spiro atoms. The Morgan fingerprint density at radius 3 is 2.32 bits per heavy atom. The van der Waals surface area contributed by atoms with Crippen molar-refractivity contribution < 1.29 is 4.79 Å². The highest BCUT2D eigenvalue weighted by molar-refractivity contribution is 6.31. The van der Waals surface area contributed by atoms with Crippen LogP contribution in [-0.4, -0.2) is 5.91 Å². The molecule has 19 heavy (non-hydrogen) atoms. The quantitative estimate of drug-likeness (QED) is 0.888. The summed E-state index contributed by atoms with van der Waals surface area (Å²) in [5.74, 6) is -0.157. The van der Waals surface area contributed by atoms with Crippen molar-refractivity contribution in [3.8, 4) is 0 Å². The van der Waals surface area contributed by atoms with Crippen LogP contribution in [0.5, 0.6) is 0 Å². The number of hydrogen-bond acceptors (Lipinski definition) is 1. The van der Waals surface area contributed by atoms with Gasteiger partial charge in [-0.15, -0.1) is 0 Å². The lowest BCUT2D eigenvalue weighted by Gasteiger charge is -2.14. The van der Waals surface area contributed by atoms with Crippen molar-refractivity contribution >= 4 is 29.1 Å². The van der Waals surface area contributed by atoms with Gasteiger partial charge in [0.15, 0.2) is 0 Å². The average Bonchev–Trinajstić information content (AvgIpc) is 2.38. The first-order valence-electron chi connectivity index (χ1n) is 5.88. The van der Waals surface area contributed by atoms with Crippen LogP contribution in [0.15, 0.2) is 48.5 Å². The van der Waals surface area contributed by atoms with E-state index in [0.717, 1.165) is 5.56 Å². The van der Waals surface area contributed by atoms with Crippen LogP contribution in [0, 0.1) is 0 Å². The highest BCUT2D eigenvalue weighted by atomic mass is 35.5. The number of benzene rings is 2. The molecule has 1 N–H and O–H groups in total. The zero-order valence-corrected chi connectivity index (χ0v) is 11.9. The molecule has 0 aliphatic carbocycles. The zero-order chi connectivity index (χ0) is 13.8. The first kappa shape index (κ1) is 13.9. The molecule has 0 radical (unpaired) electrons. The van der Waals surface area contributed by atoms with E-state index >= 15 is 0 Å². The molecule has 2 rings (SSSR count). The minimum absolute atomic E-state index is 0.120. The van der Waals surface area contributed by atoms with E-state index in [-0.39, 0.29) is 11.9 Å². The highest BCUT2D eigenvalue weighted by Crippen LogP contribution is 2.18. The summed E-state index contributed by atoms with van der Waals surface area (Å²) >= 11 is 11.8. The van der Waals surface area contributed by atoms with E-state index in [1.807, 2.05) is 25.1 Å². The maximum absolute atomic E-state index is 12.1. The fourth-order valence-corrected chi connectivity index (χ4v) is 2.16. The smallest absolute Gasteiger partial charge is 0.251 e. The topological polar surface area (TPSA) is 29.1 Å². The van der Waals surface area contributed by atoms with Gasteiger partial charge in [0.2, 0.25) is 0 Å². The summed E-state index contributed by atoms with van der Waals surface area (Å²) in [6, 6.07) is 14.2. The SMILES string of the molecule is CC(NC(=O)c1cccc(Cl)c1)c1cccc(Cl)c1. The van der Waals surface area contributed by atoms with Crippen molar-refractivity contribution in [2.24, 2.45) is 0 Å². The molecular formula is C15H13Cl2NO. The Bertz CT molecular complexity index is 598. The number of rotatable bonds is 3. The first-order chi connectivity index (χ1) is 9.06. The largest absolute Gasteiger partial charge is 0.346 e. The molecule has 1 unspecified atom stereocenters. The Hall–Kier alpha value is -1.51. The molecule has 1 amide bonds. The van der Waals surface area contributed by atoms with Crippen LogP contribution in [-0.2, 0) is 0 Å². The summed E-state index contributed by atoms with van der Waals surface area (Å²) in [5, 5.41) is 4.11. The molecule has 0 aliphatic rings. The van der Waals surface area contributed by atoms with Gasteiger partial charge in [-0.25, -0.2) is 0 Å². The summed E-state index contributed by atoms with van der Waals surface area (Å²) in [6.45, 7) is 1.91. The number of carbonyl (C=O) groups excluding carboxylic acids is 1. The highest BCUT2D eigenvalue weighted by Gasteiger charge is 2.11. The van der Waals surface area contributed by atoms with Crippen LogP contribution in [0.2, 0.25) is 10.0 Å². The zero-order valence-electron chi connectivity index (χ0n) is 10.4. The van der Waals surface area contributed by atoms with Gasteiger partial charge >= 0.3 is 0 Å². The average molecular weight is 294 g/mol. The second-order valence-corrected chi connectivity index (χ2v) is 5.13. The van der Waals surface area contributed by atoms with Crippen molar-refractivity contribution in [2.75, 3.05) is 0 Å². The van der Waals surface area contributed by atoms with E-state index in [9.17, 15) is 4.79 Å². The molecule has 0 fully saturated rings. The van der Waals surface area contributed by atoms with Gasteiger partial charge in [0.05, 0.1) is 6.04 Å². The van der Waals surface area contributed by atoms with Gasteiger partial charge in [-0.1, -0.05) is 41.4 Å². The number of hydrogen-bond donors (Lipinski definition) is 1. The normalized spacial score (nSPS) is 11.9. The van der Waals surface area contributed by atoms with Crippen LogP contribution in [0.1, 0.15) is 28.9 Å². The fourth-order valence-electron chi connectivity index (χ4n) is 1.77. The van der Waals surface area contributed by atoms with Gasteiger partial charge in [0.25, 0.3) is 5.91 Å². The second kappa shape index (κ2) is 6.09. The summed E-state index contributed by atoms with van der Waals surface area (Å²) in [5.41, 5.74) is 1.50. The standard InChI is InChI=1S/C15H13Cl2NO/c1-10(11-4-2-6-13(16)8-11)18-15(19)12-5-3-7-14(17)9-12/h2-10H,1H3,(H,18,19). The molecular weight excluding hydrogens is 281 g/mol. The lowest BCUT2D eigenvalue weighted by atomic mass is 10.1. The molecule has 98 valence electrons. The van der Waals surface area contributed by atoms with E-state index in [0.29, 0.717) is 15.6 Å². The summed E-state index contributed by atoms with van der Waals surface area (Å²) in [6.07, 6.45) is 0. The van der Waals surface area contributed by atoms with Gasteiger partial charge in [-0.05, 0) is 42.8 Å². The Morgan fingerprint density at radius 1 is 1.05 bits per heavy atom. The van der Waals surface area contributed by atoms with Gasteiger partial charge in [-0.2, -0.15) is 0 Å². The summed E-state index contributed by atoms with van der Waals surface area (Å²) in [7, 11) is 0. The van der Waals surface area contributed by atoms with Crippen molar-refractivity contribution in [3.63, 3.8) is 0 Å². The third-order valence-corrected chi connectivity index (χ3v) is 3.25. The summed E-state index contributed by atoms with van der Waals surface area (Å²) < 4.78 is 0. The number of amides is 1. The predicted molar refractivity (Wildman–Crippen MR) is 78.8 cm³/mol. The monoisotopic (exact) mass is 293 g/mol. The fraction of sp³-hybridized carbons (Fsp3) is 0.133. The van der Waals surface area contributed by atoms with Crippen LogP contribution in [0.25, 0.3) is 0 Å². The first-order valence-corrected chi connectivity index (χ1v) is 6.64. The van der Waals surface area contributed by atoms with E-state index < -0.39 is 0 Å². The van der Waals surface area contributed by atoms with Crippen molar-refractivity contribution in [1.82, 2.24) is 5.32 Å². The second-order valence-electron chi connectivity index (χ2n) is 4.26. The summed E-state index contributed by atoms with van der Waals surface area (Å²) in [4.78, 5) is 12.1. The molecule has 2 nitrogen and oxygen atoms in total. The Balaban J connectivity index is 2.11. The third kappa shape index (κ3) is 3.72. The Morgan fingerprint density at radius 2 is 1.68 bits per heavy atom. The molecule has 0 saturated carbocycles. The van der Waals surface area contributed by atoms with Crippen LogP contribution in [0.3, 0.4) is 0 Å². The molecule has 1 atom stereocenters. The van der Waals surface area contributed by atoms with Crippen LogP contribution in [0.4, 0.5) is 0 Å². The van der Waals surface area contributed by atoms with E-state index in [1.54, 1.807) is 30.3 Å². The van der Waals surface area contributed by atoms with Crippen molar-refractivity contribution in [2.45, 2.75) is 13.0 Å². The predicted octanol–water partition coefficient (Wildman–Crippen LogP) is 4.48. The number of carbonyl (C=O) groups is 1. The lowest BCUT2D eigenvalue weighted by molar-refractivity contribution is 0.0940. The van der Waals surface area contributed by atoms with E-state index in [4.69, 9.17) is 23.2 Å². The van der Waals surface area contributed by atoms with Crippen molar-refractivity contribution in [3.05, 3.63) is 69.7 Å². The minimum Gasteiger partial charge on any atom is -0.346 e. The molecule has 0 aliphatic heterocycles.